The summed E-state index contributed by atoms with van der Waals surface area (Å²) in [5, 5.41) is 0. The summed E-state index contributed by atoms with van der Waals surface area (Å²) in [5.74, 6) is -3.67. The summed E-state index contributed by atoms with van der Waals surface area (Å²) in [6.07, 6.45) is -0.808. The van der Waals surface area contributed by atoms with Crippen LogP contribution in [0.1, 0.15) is 40.5 Å². The molecule has 0 aromatic rings. The van der Waals surface area contributed by atoms with Crippen LogP contribution in [-0.2, 0) is 28.7 Å². The number of rotatable bonds is 5. The Balaban J connectivity index is 4.18. The molecule has 0 bridgehead atoms. The fourth-order valence-electron chi connectivity index (χ4n) is 0.776. The van der Waals surface area contributed by atoms with Crippen LogP contribution in [0, 0.1) is 0 Å². The Kier molecular flexibility index (Phi) is 5.98. The number of carbonyl (C=O) groups is 4. The summed E-state index contributed by atoms with van der Waals surface area (Å²) < 4.78 is 8.83. The molecule has 0 saturated carbocycles. The summed E-state index contributed by atoms with van der Waals surface area (Å²) >= 11 is 0. The van der Waals surface area contributed by atoms with Crippen molar-refractivity contribution < 1.29 is 28.7 Å². The lowest BCUT2D eigenvalue weighted by Gasteiger charge is -2.16. The van der Waals surface area contributed by atoms with Crippen LogP contribution in [0.15, 0.2) is 0 Å². The number of hydrogen-bond donors (Lipinski definition) is 2. The molecule has 0 aliphatic heterocycles. The third-order valence-electron chi connectivity index (χ3n) is 2.00. The number of carbonyl (C=O) groups excluding carboxylic acids is 4. The first-order valence-electron chi connectivity index (χ1n) is 5.92. The van der Waals surface area contributed by atoms with Crippen molar-refractivity contribution >= 4 is 23.9 Å². The Bertz CT molecular complexity index is 377. The molecule has 0 aromatic carbocycles. The van der Waals surface area contributed by atoms with E-state index in [1.165, 1.54) is 27.7 Å². The van der Waals surface area contributed by atoms with E-state index in [0.717, 1.165) is 0 Å². The van der Waals surface area contributed by atoms with Gasteiger partial charge in [0.15, 0.2) is 0 Å². The molecule has 0 aliphatic carbocycles. The molecule has 0 radical (unpaired) electrons. The van der Waals surface area contributed by atoms with E-state index in [1.807, 2.05) is 0 Å². The van der Waals surface area contributed by atoms with Gasteiger partial charge in [-0.1, -0.05) is 0 Å². The van der Waals surface area contributed by atoms with Crippen molar-refractivity contribution in [2.45, 2.75) is 51.6 Å². The average Bonchev–Trinajstić information content (AvgIpc) is 2.23. The minimum atomic E-state index is -1.31. The number of ether oxygens (including phenoxy) is 2. The Morgan fingerprint density at radius 1 is 0.750 bits per heavy atom. The van der Waals surface area contributed by atoms with Gasteiger partial charge in [0.25, 0.3) is 0 Å². The van der Waals surface area contributed by atoms with Gasteiger partial charge >= 0.3 is 23.9 Å². The van der Waals surface area contributed by atoms with Crippen LogP contribution >= 0.6 is 0 Å². The standard InChI is InChI=1S/C12H20N2O6/c1-11(2,13)9(17)19-7(15)5-6-8(16)20-10(18)12(3,4)14/h5-6,13-14H2,1-4H3. The molecule has 0 atom stereocenters. The van der Waals surface area contributed by atoms with Gasteiger partial charge in [0.2, 0.25) is 0 Å². The van der Waals surface area contributed by atoms with Crippen LogP contribution < -0.4 is 11.5 Å². The molecule has 0 unspecified atom stereocenters. The average molecular weight is 288 g/mol. The van der Waals surface area contributed by atoms with Gasteiger partial charge in [0.05, 0.1) is 12.8 Å². The van der Waals surface area contributed by atoms with Crippen molar-refractivity contribution in [3.63, 3.8) is 0 Å². The third-order valence-corrected chi connectivity index (χ3v) is 2.00. The monoisotopic (exact) mass is 288 g/mol. The highest BCUT2D eigenvalue weighted by Crippen LogP contribution is 2.05. The molecule has 8 heteroatoms. The lowest BCUT2D eigenvalue weighted by molar-refractivity contribution is -0.168. The molecule has 0 aliphatic rings. The fraction of sp³-hybridized carbons (Fsp3) is 0.667. The summed E-state index contributed by atoms with van der Waals surface area (Å²) in [6.45, 7) is 5.50. The second-order valence-electron chi connectivity index (χ2n) is 5.47. The summed E-state index contributed by atoms with van der Waals surface area (Å²) in [6, 6.07) is 0. The van der Waals surface area contributed by atoms with Crippen molar-refractivity contribution in [2.75, 3.05) is 0 Å². The van der Waals surface area contributed by atoms with Gasteiger partial charge in [-0.05, 0) is 27.7 Å². The van der Waals surface area contributed by atoms with Gasteiger partial charge < -0.3 is 20.9 Å². The van der Waals surface area contributed by atoms with Crippen LogP contribution in [0.4, 0.5) is 0 Å². The lowest BCUT2D eigenvalue weighted by Crippen LogP contribution is -2.44. The van der Waals surface area contributed by atoms with Gasteiger partial charge in [-0.15, -0.1) is 0 Å². The van der Waals surface area contributed by atoms with E-state index in [-0.39, 0.29) is 0 Å². The zero-order chi connectivity index (χ0) is 16.1. The molecule has 0 spiro atoms. The van der Waals surface area contributed by atoms with Crippen molar-refractivity contribution in [2.24, 2.45) is 11.5 Å². The quantitative estimate of drug-likeness (QED) is 0.504. The van der Waals surface area contributed by atoms with Crippen molar-refractivity contribution in [3.8, 4) is 0 Å². The minimum absolute atomic E-state index is 0.404. The molecule has 4 N–H and O–H groups in total. The van der Waals surface area contributed by atoms with Crippen LogP contribution in [0.25, 0.3) is 0 Å². The second-order valence-corrected chi connectivity index (χ2v) is 5.47. The Hall–Kier alpha value is -1.80. The molecule has 0 aromatic heterocycles. The van der Waals surface area contributed by atoms with Crippen molar-refractivity contribution in [1.29, 1.82) is 0 Å². The van der Waals surface area contributed by atoms with Gasteiger partial charge in [-0.3, -0.25) is 9.59 Å². The van der Waals surface area contributed by atoms with E-state index in [2.05, 4.69) is 9.47 Å². The highest BCUT2D eigenvalue weighted by molar-refractivity contribution is 5.93. The smallest absolute Gasteiger partial charge is 0.333 e. The predicted molar refractivity (Wildman–Crippen MR) is 68.0 cm³/mol. The van der Waals surface area contributed by atoms with Gasteiger partial charge in [-0.25, -0.2) is 9.59 Å². The zero-order valence-corrected chi connectivity index (χ0v) is 12.0. The highest BCUT2D eigenvalue weighted by Gasteiger charge is 2.28. The predicted octanol–water partition coefficient (Wildman–Crippen LogP) is -0.619. The molecule has 0 heterocycles. The Morgan fingerprint density at radius 3 is 1.20 bits per heavy atom. The molecular weight excluding hydrogens is 268 g/mol. The van der Waals surface area contributed by atoms with Crippen LogP contribution in [0.2, 0.25) is 0 Å². The summed E-state index contributed by atoms with van der Waals surface area (Å²) in [4.78, 5) is 45.1. The van der Waals surface area contributed by atoms with E-state index in [9.17, 15) is 19.2 Å². The maximum Gasteiger partial charge on any atom is 0.333 e. The second kappa shape index (κ2) is 6.58. The van der Waals surface area contributed by atoms with Crippen LogP contribution in [-0.4, -0.2) is 35.0 Å². The van der Waals surface area contributed by atoms with E-state index in [1.54, 1.807) is 0 Å². The first-order chi connectivity index (χ1) is 8.84. The van der Waals surface area contributed by atoms with Crippen molar-refractivity contribution in [1.82, 2.24) is 0 Å². The summed E-state index contributed by atoms with van der Waals surface area (Å²) in [5.41, 5.74) is 8.22. The molecular formula is C12H20N2O6. The Labute approximate surface area is 116 Å². The van der Waals surface area contributed by atoms with E-state index < -0.39 is 47.8 Å². The topological polar surface area (TPSA) is 139 Å². The molecule has 0 amide bonds. The molecule has 0 saturated heterocycles. The minimum Gasteiger partial charge on any atom is -0.392 e. The van der Waals surface area contributed by atoms with Gasteiger partial charge in [0, 0.05) is 0 Å². The normalized spacial score (nSPS) is 11.7. The Morgan fingerprint density at radius 2 is 1.00 bits per heavy atom. The molecule has 20 heavy (non-hydrogen) atoms. The van der Waals surface area contributed by atoms with E-state index in [0.29, 0.717) is 0 Å². The molecule has 114 valence electrons. The number of hydrogen-bond acceptors (Lipinski definition) is 8. The number of nitrogens with two attached hydrogens (primary N) is 2. The maximum absolute atomic E-state index is 11.3. The van der Waals surface area contributed by atoms with Crippen molar-refractivity contribution in [3.05, 3.63) is 0 Å². The largest absolute Gasteiger partial charge is 0.392 e. The van der Waals surface area contributed by atoms with Crippen LogP contribution in [0.3, 0.4) is 0 Å². The molecule has 8 nitrogen and oxygen atoms in total. The lowest BCUT2D eigenvalue weighted by atomic mass is 10.1. The maximum atomic E-state index is 11.3. The van der Waals surface area contributed by atoms with Crippen LogP contribution in [0.5, 0.6) is 0 Å². The SMILES string of the molecule is CC(C)(N)C(=O)OC(=O)CCC(=O)OC(=O)C(C)(C)N. The molecule has 0 fully saturated rings. The van der Waals surface area contributed by atoms with E-state index >= 15 is 0 Å². The highest BCUT2D eigenvalue weighted by atomic mass is 16.6. The van der Waals surface area contributed by atoms with Gasteiger partial charge in [-0.2, -0.15) is 0 Å². The van der Waals surface area contributed by atoms with E-state index in [4.69, 9.17) is 11.5 Å². The number of esters is 4. The first kappa shape index (κ1) is 18.2. The molecule has 0 rings (SSSR count). The third kappa shape index (κ3) is 6.95. The summed E-state index contributed by atoms with van der Waals surface area (Å²) in [7, 11) is 0. The fourth-order valence-corrected chi connectivity index (χ4v) is 0.776. The van der Waals surface area contributed by atoms with Gasteiger partial charge in [0.1, 0.15) is 11.1 Å². The zero-order valence-electron chi connectivity index (χ0n) is 12.0. The first-order valence-corrected chi connectivity index (χ1v) is 5.92.